The van der Waals surface area contributed by atoms with Crippen molar-refractivity contribution in [2.45, 2.75) is 0 Å². The number of carbonyl (C=O) groups is 1. The Morgan fingerprint density at radius 3 is 2.46 bits per heavy atom. The fourth-order valence-electron chi connectivity index (χ4n) is 2.19. The second-order valence-electron chi connectivity index (χ2n) is 4.84. The summed E-state index contributed by atoms with van der Waals surface area (Å²) in [5.74, 6) is -0.207. The van der Waals surface area contributed by atoms with Crippen LogP contribution in [0.5, 0.6) is 0 Å². The Kier molecular flexibility index (Phi) is 4.24. The molecule has 3 rings (SSSR count). The van der Waals surface area contributed by atoms with E-state index in [9.17, 15) is 14.9 Å². The quantitative estimate of drug-likeness (QED) is 0.440. The van der Waals surface area contributed by atoms with Crippen LogP contribution in [0.3, 0.4) is 0 Å². The number of nitrogens with zero attached hydrogens (tertiary/aromatic N) is 3. The number of benzene rings is 1. The van der Waals surface area contributed by atoms with Gasteiger partial charge in [-0.2, -0.15) is 0 Å². The number of nitro groups is 1. The Morgan fingerprint density at radius 2 is 1.71 bits per heavy atom. The number of pyridine rings is 2. The van der Waals surface area contributed by atoms with E-state index in [1.54, 1.807) is 42.5 Å². The first kappa shape index (κ1) is 15.3. The molecule has 0 saturated heterocycles. The summed E-state index contributed by atoms with van der Waals surface area (Å²) in [6, 6.07) is 14.6. The third-order valence-electron chi connectivity index (χ3n) is 3.31. The van der Waals surface area contributed by atoms with Crippen LogP contribution in [-0.4, -0.2) is 20.7 Å². The molecule has 0 amide bonds. The van der Waals surface area contributed by atoms with E-state index in [0.717, 1.165) is 0 Å². The van der Waals surface area contributed by atoms with Gasteiger partial charge in [-0.1, -0.05) is 18.2 Å². The maximum Gasteiger partial charge on any atom is 0.311 e. The molecule has 3 aromatic rings. The highest BCUT2D eigenvalue weighted by atomic mass is 16.6. The summed E-state index contributed by atoms with van der Waals surface area (Å²) in [6.07, 6.45) is 2.98. The van der Waals surface area contributed by atoms with Crippen molar-refractivity contribution in [3.63, 3.8) is 0 Å². The lowest BCUT2D eigenvalue weighted by molar-refractivity contribution is -0.384. The van der Waals surface area contributed by atoms with Crippen molar-refractivity contribution in [3.8, 4) is 0 Å². The molecule has 0 atom stereocenters. The first-order chi connectivity index (χ1) is 11.7. The van der Waals surface area contributed by atoms with Gasteiger partial charge < -0.3 is 5.32 Å². The van der Waals surface area contributed by atoms with E-state index in [2.05, 4.69) is 15.3 Å². The number of hydrogen-bond acceptors (Lipinski definition) is 6. The van der Waals surface area contributed by atoms with Crippen molar-refractivity contribution < 1.29 is 9.72 Å². The maximum absolute atomic E-state index is 12.6. The van der Waals surface area contributed by atoms with Crippen molar-refractivity contribution in [2.24, 2.45) is 0 Å². The topological polar surface area (TPSA) is 98.0 Å². The highest BCUT2D eigenvalue weighted by Crippen LogP contribution is 2.27. The van der Waals surface area contributed by atoms with Crippen LogP contribution < -0.4 is 5.32 Å². The SMILES string of the molecule is O=C(c1ccccn1)c1ccccc1Nc1ncccc1[N+](=O)[O-]. The van der Waals surface area contributed by atoms with Crippen LogP contribution in [0.2, 0.25) is 0 Å². The molecule has 0 saturated carbocycles. The molecule has 1 aromatic carbocycles. The van der Waals surface area contributed by atoms with Crippen LogP contribution in [-0.2, 0) is 0 Å². The Morgan fingerprint density at radius 1 is 0.958 bits per heavy atom. The van der Waals surface area contributed by atoms with Crippen LogP contribution in [0, 0.1) is 10.1 Å². The number of para-hydroxylation sites is 1. The molecule has 7 heteroatoms. The lowest BCUT2D eigenvalue weighted by Crippen LogP contribution is -2.08. The first-order valence-electron chi connectivity index (χ1n) is 7.08. The van der Waals surface area contributed by atoms with Crippen molar-refractivity contribution in [3.05, 3.63) is 88.4 Å². The molecule has 0 aliphatic rings. The molecular formula is C17H12N4O3. The Balaban J connectivity index is 1.99. The molecule has 0 unspecified atom stereocenters. The largest absolute Gasteiger partial charge is 0.334 e. The van der Waals surface area contributed by atoms with Crippen LogP contribution >= 0.6 is 0 Å². The van der Waals surface area contributed by atoms with Crippen LogP contribution in [0.1, 0.15) is 16.1 Å². The lowest BCUT2D eigenvalue weighted by atomic mass is 10.1. The lowest BCUT2D eigenvalue weighted by Gasteiger charge is -2.10. The summed E-state index contributed by atoms with van der Waals surface area (Å²) in [5, 5.41) is 14.0. The number of ketones is 1. The fourth-order valence-corrected chi connectivity index (χ4v) is 2.19. The molecule has 1 N–H and O–H groups in total. The predicted molar refractivity (Wildman–Crippen MR) is 88.3 cm³/mol. The van der Waals surface area contributed by atoms with Gasteiger partial charge in [-0.25, -0.2) is 4.98 Å². The van der Waals surface area contributed by atoms with Crippen LogP contribution in [0.25, 0.3) is 0 Å². The predicted octanol–water partition coefficient (Wildman–Crippen LogP) is 3.36. The van der Waals surface area contributed by atoms with Gasteiger partial charge in [0.05, 0.1) is 10.6 Å². The molecule has 0 bridgehead atoms. The van der Waals surface area contributed by atoms with Crippen molar-refractivity contribution in [1.29, 1.82) is 0 Å². The average Bonchev–Trinajstić information content (AvgIpc) is 2.62. The third kappa shape index (κ3) is 3.09. The number of aromatic nitrogens is 2. The van der Waals surface area contributed by atoms with Gasteiger partial charge >= 0.3 is 5.69 Å². The smallest absolute Gasteiger partial charge is 0.311 e. The van der Waals surface area contributed by atoms with E-state index < -0.39 is 4.92 Å². The summed E-state index contributed by atoms with van der Waals surface area (Å²) in [4.78, 5) is 31.2. The van der Waals surface area contributed by atoms with E-state index in [1.807, 2.05) is 0 Å². The molecule has 0 aliphatic carbocycles. The van der Waals surface area contributed by atoms with Gasteiger partial charge in [-0.15, -0.1) is 0 Å². The molecule has 0 aliphatic heterocycles. The molecule has 0 fully saturated rings. The highest BCUT2D eigenvalue weighted by Gasteiger charge is 2.18. The van der Waals surface area contributed by atoms with E-state index in [4.69, 9.17) is 0 Å². The number of nitrogens with one attached hydrogen (secondary N) is 1. The minimum absolute atomic E-state index is 0.0729. The summed E-state index contributed by atoms with van der Waals surface area (Å²) in [6.45, 7) is 0. The second kappa shape index (κ2) is 6.66. The summed E-state index contributed by atoms with van der Waals surface area (Å²) >= 11 is 0. The molecule has 7 nitrogen and oxygen atoms in total. The van der Waals surface area contributed by atoms with E-state index in [1.165, 1.54) is 24.5 Å². The first-order valence-corrected chi connectivity index (χ1v) is 7.08. The Bertz CT molecular complexity index is 897. The monoisotopic (exact) mass is 320 g/mol. The molecule has 0 radical (unpaired) electrons. The van der Waals surface area contributed by atoms with Crippen molar-refractivity contribution >= 4 is 23.0 Å². The van der Waals surface area contributed by atoms with Gasteiger partial charge in [0.25, 0.3) is 0 Å². The van der Waals surface area contributed by atoms with Gasteiger partial charge in [0.2, 0.25) is 11.6 Å². The number of carbonyl (C=O) groups excluding carboxylic acids is 1. The van der Waals surface area contributed by atoms with E-state index in [0.29, 0.717) is 16.9 Å². The number of rotatable bonds is 5. The highest BCUT2D eigenvalue weighted by molar-refractivity contribution is 6.11. The summed E-state index contributed by atoms with van der Waals surface area (Å²) < 4.78 is 0. The van der Waals surface area contributed by atoms with Crippen molar-refractivity contribution in [1.82, 2.24) is 9.97 Å². The van der Waals surface area contributed by atoms with Gasteiger partial charge in [0.1, 0.15) is 5.69 Å². The number of anilines is 2. The Hall–Kier alpha value is -3.61. The van der Waals surface area contributed by atoms with Gasteiger partial charge in [0.15, 0.2) is 0 Å². The van der Waals surface area contributed by atoms with E-state index in [-0.39, 0.29) is 17.3 Å². The average molecular weight is 320 g/mol. The summed E-state index contributed by atoms with van der Waals surface area (Å²) in [5.41, 5.74) is 0.908. The van der Waals surface area contributed by atoms with E-state index >= 15 is 0 Å². The normalized spacial score (nSPS) is 10.2. The fraction of sp³-hybridized carbons (Fsp3) is 0. The van der Waals surface area contributed by atoms with Crippen LogP contribution in [0.15, 0.2) is 67.0 Å². The minimum atomic E-state index is -0.529. The zero-order valence-corrected chi connectivity index (χ0v) is 12.4. The van der Waals surface area contributed by atoms with Crippen molar-refractivity contribution in [2.75, 3.05) is 5.32 Å². The summed E-state index contributed by atoms with van der Waals surface area (Å²) in [7, 11) is 0. The zero-order chi connectivity index (χ0) is 16.9. The standard InChI is InChI=1S/C17H12N4O3/c22-16(14-8-3-4-10-18-14)12-6-1-2-7-13(12)20-17-15(21(23)24)9-5-11-19-17/h1-11H,(H,19,20). The molecular weight excluding hydrogens is 308 g/mol. The molecule has 0 spiro atoms. The minimum Gasteiger partial charge on any atom is -0.334 e. The van der Waals surface area contributed by atoms with Gasteiger partial charge in [-0.3, -0.25) is 19.9 Å². The second-order valence-corrected chi connectivity index (χ2v) is 4.84. The van der Waals surface area contributed by atoms with Gasteiger partial charge in [0, 0.05) is 24.0 Å². The van der Waals surface area contributed by atoms with Crippen LogP contribution in [0.4, 0.5) is 17.2 Å². The molecule has 2 aromatic heterocycles. The molecule has 24 heavy (non-hydrogen) atoms. The zero-order valence-electron chi connectivity index (χ0n) is 12.4. The molecule has 2 heterocycles. The maximum atomic E-state index is 12.6. The Labute approximate surface area is 137 Å². The van der Waals surface area contributed by atoms with Gasteiger partial charge in [-0.05, 0) is 30.3 Å². The molecule has 118 valence electrons. The number of hydrogen-bond donors (Lipinski definition) is 1. The third-order valence-corrected chi connectivity index (χ3v) is 3.31.